The Hall–Kier alpha value is -2.34. The Bertz CT molecular complexity index is 895. The van der Waals surface area contributed by atoms with E-state index in [9.17, 15) is 14.7 Å². The molecule has 0 aliphatic rings. The lowest BCUT2D eigenvalue weighted by Gasteiger charge is -2.24. The van der Waals surface area contributed by atoms with Gasteiger partial charge in [-0.25, -0.2) is 4.79 Å². The van der Waals surface area contributed by atoms with Crippen LogP contribution in [0.2, 0.25) is 0 Å². The SMILES string of the molecule is CCCCN(CCCC)Cc1c(O)c(CCC(=O)OCC)cc2c(C)cc(=O)oc12. The standard InChI is InChI=1S/C24H35NO5/c1-5-8-12-25(13-9-6-2)16-20-23(28)18(10-11-21(26)29-7-3)15-19-17(4)14-22(27)30-24(19)20/h14-15,28H,5-13,16H2,1-4H3. The molecular weight excluding hydrogens is 382 g/mol. The number of nitrogens with zero attached hydrogens (tertiary/aromatic N) is 1. The van der Waals surface area contributed by atoms with Gasteiger partial charge in [0.15, 0.2) is 0 Å². The Labute approximate surface area is 178 Å². The molecule has 1 aromatic carbocycles. The van der Waals surface area contributed by atoms with Crippen molar-refractivity contribution in [1.29, 1.82) is 0 Å². The monoisotopic (exact) mass is 417 g/mol. The number of hydrogen-bond acceptors (Lipinski definition) is 6. The van der Waals surface area contributed by atoms with Crippen LogP contribution in [0.25, 0.3) is 11.0 Å². The minimum absolute atomic E-state index is 0.110. The van der Waals surface area contributed by atoms with Crippen molar-refractivity contribution in [3.8, 4) is 5.75 Å². The topological polar surface area (TPSA) is 80.0 Å². The quantitative estimate of drug-likeness (QED) is 0.398. The average molecular weight is 418 g/mol. The van der Waals surface area contributed by atoms with Crippen LogP contribution >= 0.6 is 0 Å². The van der Waals surface area contributed by atoms with Crippen molar-refractivity contribution in [2.24, 2.45) is 0 Å². The lowest BCUT2D eigenvalue weighted by atomic mass is 9.98. The molecule has 0 unspecified atom stereocenters. The Kier molecular flexibility index (Phi) is 9.37. The van der Waals surface area contributed by atoms with Gasteiger partial charge in [-0.15, -0.1) is 0 Å². The number of carbonyl (C=O) groups excluding carboxylic acids is 1. The Balaban J connectivity index is 2.48. The number of hydrogen-bond donors (Lipinski definition) is 1. The van der Waals surface area contributed by atoms with Gasteiger partial charge in [0.2, 0.25) is 0 Å². The molecule has 1 heterocycles. The first-order chi connectivity index (χ1) is 14.4. The summed E-state index contributed by atoms with van der Waals surface area (Å²) in [5.74, 6) is -0.180. The van der Waals surface area contributed by atoms with E-state index in [1.54, 1.807) is 6.92 Å². The number of unbranched alkanes of at least 4 members (excludes halogenated alkanes) is 2. The first-order valence-electron chi connectivity index (χ1n) is 11.1. The van der Waals surface area contributed by atoms with E-state index in [0.717, 1.165) is 49.7 Å². The van der Waals surface area contributed by atoms with Gasteiger partial charge in [0.05, 0.1) is 12.2 Å². The minimum Gasteiger partial charge on any atom is -0.507 e. The van der Waals surface area contributed by atoms with Gasteiger partial charge in [0.25, 0.3) is 0 Å². The van der Waals surface area contributed by atoms with Crippen LogP contribution < -0.4 is 5.63 Å². The number of carbonyl (C=O) groups is 1. The van der Waals surface area contributed by atoms with Gasteiger partial charge in [-0.05, 0) is 63.4 Å². The molecule has 0 spiro atoms. The van der Waals surface area contributed by atoms with Gasteiger partial charge in [-0.2, -0.15) is 0 Å². The molecule has 0 aliphatic heterocycles. The summed E-state index contributed by atoms with van der Waals surface area (Å²) < 4.78 is 10.6. The number of aryl methyl sites for hydroxylation is 2. The fraction of sp³-hybridized carbons (Fsp3) is 0.583. The van der Waals surface area contributed by atoms with Crippen molar-refractivity contribution in [3.63, 3.8) is 0 Å². The van der Waals surface area contributed by atoms with Gasteiger partial charge in [-0.3, -0.25) is 9.69 Å². The minimum atomic E-state index is -0.423. The van der Waals surface area contributed by atoms with E-state index in [0.29, 0.717) is 36.3 Å². The molecular formula is C24H35NO5. The van der Waals surface area contributed by atoms with Gasteiger partial charge >= 0.3 is 11.6 Å². The molecule has 0 bridgehead atoms. The Morgan fingerprint density at radius 2 is 1.80 bits per heavy atom. The summed E-state index contributed by atoms with van der Waals surface area (Å²) in [7, 11) is 0. The van der Waals surface area contributed by atoms with Gasteiger partial charge < -0.3 is 14.3 Å². The van der Waals surface area contributed by atoms with Crippen LogP contribution in [-0.2, 0) is 22.5 Å². The zero-order valence-electron chi connectivity index (χ0n) is 18.8. The molecule has 2 aromatic rings. The summed E-state index contributed by atoms with van der Waals surface area (Å²) in [6.45, 7) is 10.6. The normalized spacial score (nSPS) is 11.4. The van der Waals surface area contributed by atoms with Crippen molar-refractivity contribution in [3.05, 3.63) is 39.2 Å². The zero-order chi connectivity index (χ0) is 22.1. The smallest absolute Gasteiger partial charge is 0.336 e. The van der Waals surface area contributed by atoms with Crippen molar-refractivity contribution in [1.82, 2.24) is 4.90 Å². The fourth-order valence-electron chi connectivity index (χ4n) is 3.63. The molecule has 166 valence electrons. The maximum absolute atomic E-state index is 12.0. The number of ether oxygens (including phenoxy) is 1. The molecule has 0 amide bonds. The van der Waals surface area contributed by atoms with Crippen LogP contribution in [0.1, 0.15) is 69.6 Å². The van der Waals surface area contributed by atoms with Crippen LogP contribution in [0.5, 0.6) is 5.75 Å². The van der Waals surface area contributed by atoms with E-state index < -0.39 is 5.63 Å². The molecule has 1 aromatic heterocycles. The summed E-state index contributed by atoms with van der Waals surface area (Å²) in [5.41, 5.74) is 2.12. The highest BCUT2D eigenvalue weighted by atomic mass is 16.5. The third-order valence-electron chi connectivity index (χ3n) is 5.33. The molecule has 0 saturated carbocycles. The number of rotatable bonds is 12. The third kappa shape index (κ3) is 6.33. The average Bonchev–Trinajstić information content (AvgIpc) is 2.71. The number of phenolic OH excluding ortho intramolecular Hbond substituents is 1. The van der Waals surface area contributed by atoms with Crippen LogP contribution in [-0.4, -0.2) is 35.7 Å². The first kappa shape index (κ1) is 23.9. The van der Waals surface area contributed by atoms with E-state index in [2.05, 4.69) is 18.7 Å². The number of benzene rings is 1. The van der Waals surface area contributed by atoms with Gasteiger partial charge in [-0.1, -0.05) is 26.7 Å². The molecule has 6 nitrogen and oxygen atoms in total. The lowest BCUT2D eigenvalue weighted by molar-refractivity contribution is -0.143. The number of aromatic hydroxyl groups is 1. The highest BCUT2D eigenvalue weighted by Gasteiger charge is 2.20. The second kappa shape index (κ2) is 11.7. The van der Waals surface area contributed by atoms with Crippen molar-refractivity contribution < 1.29 is 19.1 Å². The second-order valence-electron chi connectivity index (χ2n) is 7.78. The van der Waals surface area contributed by atoms with Crippen LogP contribution in [0, 0.1) is 6.92 Å². The van der Waals surface area contributed by atoms with Gasteiger partial charge in [0, 0.05) is 24.4 Å². The number of phenols is 1. The molecule has 2 rings (SSSR count). The largest absolute Gasteiger partial charge is 0.507 e. The van der Waals surface area contributed by atoms with Crippen molar-refractivity contribution in [2.45, 2.75) is 72.8 Å². The zero-order valence-corrected chi connectivity index (χ0v) is 18.8. The maximum atomic E-state index is 12.0. The summed E-state index contributed by atoms with van der Waals surface area (Å²) in [6, 6.07) is 3.29. The molecule has 1 N–H and O–H groups in total. The van der Waals surface area contributed by atoms with E-state index >= 15 is 0 Å². The third-order valence-corrected chi connectivity index (χ3v) is 5.33. The van der Waals surface area contributed by atoms with Crippen LogP contribution in [0.15, 0.2) is 21.3 Å². The Morgan fingerprint density at radius 1 is 1.13 bits per heavy atom. The van der Waals surface area contributed by atoms with E-state index in [-0.39, 0.29) is 18.1 Å². The number of fused-ring (bicyclic) bond motifs is 1. The van der Waals surface area contributed by atoms with E-state index in [1.807, 2.05) is 13.0 Å². The van der Waals surface area contributed by atoms with Crippen molar-refractivity contribution in [2.75, 3.05) is 19.7 Å². The van der Waals surface area contributed by atoms with Crippen LogP contribution in [0.4, 0.5) is 0 Å². The summed E-state index contributed by atoms with van der Waals surface area (Å²) in [5, 5.41) is 11.9. The van der Waals surface area contributed by atoms with E-state index in [4.69, 9.17) is 9.15 Å². The molecule has 0 fully saturated rings. The van der Waals surface area contributed by atoms with E-state index in [1.165, 1.54) is 6.07 Å². The molecule has 30 heavy (non-hydrogen) atoms. The molecule has 0 aliphatic carbocycles. The highest BCUT2D eigenvalue weighted by molar-refractivity contribution is 5.86. The van der Waals surface area contributed by atoms with Crippen LogP contribution in [0.3, 0.4) is 0 Å². The summed E-state index contributed by atoms with van der Waals surface area (Å²) >= 11 is 0. The first-order valence-corrected chi connectivity index (χ1v) is 11.1. The highest BCUT2D eigenvalue weighted by Crippen LogP contribution is 2.34. The second-order valence-corrected chi connectivity index (χ2v) is 7.78. The predicted molar refractivity (Wildman–Crippen MR) is 119 cm³/mol. The molecule has 0 radical (unpaired) electrons. The molecule has 0 saturated heterocycles. The Morgan fingerprint density at radius 3 is 2.40 bits per heavy atom. The molecule has 6 heteroatoms. The molecule has 0 atom stereocenters. The predicted octanol–water partition coefficient (Wildman–Crippen LogP) is 4.70. The number of esters is 1. The lowest BCUT2D eigenvalue weighted by Crippen LogP contribution is -2.26. The maximum Gasteiger partial charge on any atom is 0.336 e. The van der Waals surface area contributed by atoms with Crippen molar-refractivity contribution >= 4 is 16.9 Å². The summed E-state index contributed by atoms with van der Waals surface area (Å²) in [6.07, 6.45) is 4.86. The van der Waals surface area contributed by atoms with Gasteiger partial charge in [0.1, 0.15) is 11.3 Å². The summed E-state index contributed by atoms with van der Waals surface area (Å²) in [4.78, 5) is 26.2. The fourth-order valence-corrected chi connectivity index (χ4v) is 3.63.